The van der Waals surface area contributed by atoms with Gasteiger partial charge in [0.1, 0.15) is 6.10 Å². The van der Waals surface area contributed by atoms with Crippen LogP contribution in [0.2, 0.25) is 0 Å². The van der Waals surface area contributed by atoms with E-state index in [1.54, 1.807) is 6.07 Å². The summed E-state index contributed by atoms with van der Waals surface area (Å²) in [7, 11) is 0. The van der Waals surface area contributed by atoms with E-state index in [2.05, 4.69) is 5.48 Å². The maximum atomic E-state index is 12.6. The molecule has 5 heteroatoms. The number of hydrogen-bond acceptors (Lipinski definition) is 2. The predicted octanol–water partition coefficient (Wildman–Crippen LogP) is 2.80. The molecule has 0 saturated carbocycles. The molecule has 0 amide bonds. The van der Waals surface area contributed by atoms with Gasteiger partial charge in [0.05, 0.1) is 5.56 Å². The van der Waals surface area contributed by atoms with E-state index in [1.165, 1.54) is 24.4 Å². The molecule has 2 nitrogen and oxygen atoms in total. The summed E-state index contributed by atoms with van der Waals surface area (Å²) >= 11 is 0. The van der Waals surface area contributed by atoms with E-state index in [0.29, 0.717) is 0 Å². The molecule has 0 aromatic heterocycles. The van der Waals surface area contributed by atoms with Crippen molar-refractivity contribution in [1.82, 2.24) is 5.48 Å². The molecule has 80 valence electrons. The number of benzene rings is 1. The van der Waals surface area contributed by atoms with E-state index in [9.17, 15) is 13.2 Å². The second kappa shape index (κ2) is 3.58. The molecule has 1 aromatic carbocycles. The Morgan fingerprint density at radius 3 is 2.53 bits per heavy atom. The van der Waals surface area contributed by atoms with Crippen molar-refractivity contribution in [3.05, 3.63) is 47.7 Å². The first kappa shape index (κ1) is 10.0. The smallest absolute Gasteiger partial charge is 0.274 e. The summed E-state index contributed by atoms with van der Waals surface area (Å²) in [5.74, 6) is 0. The largest absolute Gasteiger partial charge is 0.416 e. The van der Waals surface area contributed by atoms with Crippen LogP contribution in [0.15, 0.2) is 36.5 Å². The zero-order chi connectivity index (χ0) is 10.9. The van der Waals surface area contributed by atoms with Crippen LogP contribution >= 0.6 is 0 Å². The van der Waals surface area contributed by atoms with E-state index in [0.717, 1.165) is 6.07 Å². The Morgan fingerprint density at radius 1 is 1.20 bits per heavy atom. The molecule has 0 bridgehead atoms. The number of nitrogens with one attached hydrogen (secondary N) is 1. The molecule has 0 aliphatic carbocycles. The first-order chi connectivity index (χ1) is 7.09. The molecule has 0 fully saturated rings. The van der Waals surface area contributed by atoms with Crippen molar-refractivity contribution < 1.29 is 18.0 Å². The standard InChI is InChI=1S/C10H8F3NO/c11-10(12,13)8-4-2-1-3-7(8)9-5-6-14-15-9/h1-6,9,14H. The van der Waals surface area contributed by atoms with Gasteiger partial charge < -0.3 is 0 Å². The minimum atomic E-state index is -4.35. The highest BCUT2D eigenvalue weighted by molar-refractivity contribution is 5.34. The lowest BCUT2D eigenvalue weighted by atomic mass is 10.0. The van der Waals surface area contributed by atoms with Gasteiger partial charge in [0.25, 0.3) is 0 Å². The fraction of sp³-hybridized carbons (Fsp3) is 0.200. The van der Waals surface area contributed by atoms with Gasteiger partial charge in [-0.3, -0.25) is 10.3 Å². The van der Waals surface area contributed by atoms with Gasteiger partial charge in [-0.1, -0.05) is 18.2 Å². The fourth-order valence-electron chi connectivity index (χ4n) is 1.45. The lowest BCUT2D eigenvalue weighted by Crippen LogP contribution is -2.13. The van der Waals surface area contributed by atoms with Crippen LogP contribution in [-0.2, 0) is 11.0 Å². The van der Waals surface area contributed by atoms with Gasteiger partial charge in [0.15, 0.2) is 0 Å². The normalized spacial score (nSPS) is 20.3. The summed E-state index contributed by atoms with van der Waals surface area (Å²) in [6, 6.07) is 5.37. The molecular formula is C10H8F3NO. The van der Waals surface area contributed by atoms with E-state index < -0.39 is 17.8 Å². The Kier molecular flexibility index (Phi) is 2.40. The predicted molar refractivity (Wildman–Crippen MR) is 47.5 cm³/mol. The second-order valence-electron chi connectivity index (χ2n) is 3.10. The van der Waals surface area contributed by atoms with Crippen molar-refractivity contribution in [2.24, 2.45) is 0 Å². The van der Waals surface area contributed by atoms with Gasteiger partial charge in [-0.15, -0.1) is 0 Å². The van der Waals surface area contributed by atoms with Crippen molar-refractivity contribution in [3.63, 3.8) is 0 Å². The molecule has 15 heavy (non-hydrogen) atoms. The highest BCUT2D eigenvalue weighted by atomic mass is 19.4. The van der Waals surface area contributed by atoms with Crippen LogP contribution in [-0.4, -0.2) is 0 Å². The average molecular weight is 215 g/mol. The molecule has 0 spiro atoms. The van der Waals surface area contributed by atoms with Gasteiger partial charge in [-0.05, 0) is 17.7 Å². The molecule has 1 N–H and O–H groups in total. The van der Waals surface area contributed by atoms with Crippen molar-refractivity contribution >= 4 is 0 Å². The van der Waals surface area contributed by atoms with Gasteiger partial charge in [-0.25, -0.2) is 0 Å². The Bertz CT molecular complexity index is 386. The number of hydroxylamine groups is 1. The summed E-state index contributed by atoms with van der Waals surface area (Å²) < 4.78 is 37.8. The fourth-order valence-corrected chi connectivity index (χ4v) is 1.45. The van der Waals surface area contributed by atoms with Crippen molar-refractivity contribution in [2.45, 2.75) is 12.3 Å². The van der Waals surface area contributed by atoms with Crippen molar-refractivity contribution in [1.29, 1.82) is 0 Å². The second-order valence-corrected chi connectivity index (χ2v) is 3.10. The Labute approximate surface area is 84.3 Å². The van der Waals surface area contributed by atoms with Crippen molar-refractivity contribution in [2.75, 3.05) is 0 Å². The van der Waals surface area contributed by atoms with Crippen LogP contribution in [0.5, 0.6) is 0 Å². The molecular weight excluding hydrogens is 207 g/mol. The Hall–Kier alpha value is -1.49. The molecule has 1 unspecified atom stereocenters. The lowest BCUT2D eigenvalue weighted by molar-refractivity contribution is -0.139. The summed E-state index contributed by atoms with van der Waals surface area (Å²) in [4.78, 5) is 4.91. The van der Waals surface area contributed by atoms with Crippen LogP contribution in [0.3, 0.4) is 0 Å². The third-order valence-corrected chi connectivity index (χ3v) is 2.11. The summed E-state index contributed by atoms with van der Waals surface area (Å²) in [5, 5.41) is 0. The quantitative estimate of drug-likeness (QED) is 0.777. The molecule has 1 aliphatic heterocycles. The van der Waals surface area contributed by atoms with Crippen LogP contribution in [0, 0.1) is 0 Å². The van der Waals surface area contributed by atoms with Gasteiger partial charge in [-0.2, -0.15) is 13.2 Å². The highest BCUT2D eigenvalue weighted by Crippen LogP contribution is 2.36. The maximum absolute atomic E-state index is 12.6. The molecule has 1 aromatic rings. The lowest BCUT2D eigenvalue weighted by Gasteiger charge is -2.15. The number of alkyl halides is 3. The van der Waals surface area contributed by atoms with Crippen LogP contribution in [0.4, 0.5) is 13.2 Å². The zero-order valence-corrected chi connectivity index (χ0v) is 7.58. The van der Waals surface area contributed by atoms with Crippen LogP contribution in [0.25, 0.3) is 0 Å². The van der Waals surface area contributed by atoms with Crippen LogP contribution in [0.1, 0.15) is 17.2 Å². The topological polar surface area (TPSA) is 21.3 Å². The first-order valence-corrected chi connectivity index (χ1v) is 4.33. The third-order valence-electron chi connectivity index (χ3n) is 2.11. The molecule has 0 saturated heterocycles. The van der Waals surface area contributed by atoms with Gasteiger partial charge in [0, 0.05) is 6.20 Å². The van der Waals surface area contributed by atoms with Gasteiger partial charge in [0.2, 0.25) is 0 Å². The van der Waals surface area contributed by atoms with E-state index >= 15 is 0 Å². The molecule has 2 rings (SSSR count). The Morgan fingerprint density at radius 2 is 1.93 bits per heavy atom. The summed E-state index contributed by atoms with van der Waals surface area (Å²) in [6.45, 7) is 0. The number of rotatable bonds is 1. The monoisotopic (exact) mass is 215 g/mol. The molecule has 1 atom stereocenters. The minimum absolute atomic E-state index is 0.117. The van der Waals surface area contributed by atoms with E-state index in [1.807, 2.05) is 0 Å². The average Bonchev–Trinajstić information content (AvgIpc) is 2.69. The third kappa shape index (κ3) is 1.97. The van der Waals surface area contributed by atoms with Crippen molar-refractivity contribution in [3.8, 4) is 0 Å². The number of halogens is 3. The van der Waals surface area contributed by atoms with Gasteiger partial charge >= 0.3 is 6.18 Å². The van der Waals surface area contributed by atoms with Crippen LogP contribution < -0.4 is 5.48 Å². The minimum Gasteiger partial charge on any atom is -0.274 e. The SMILES string of the molecule is FC(F)(F)c1ccccc1C1C=CNO1. The zero-order valence-electron chi connectivity index (χ0n) is 7.58. The summed E-state index contributed by atoms with van der Waals surface area (Å²) in [5.41, 5.74) is 1.85. The molecule has 1 heterocycles. The maximum Gasteiger partial charge on any atom is 0.416 e. The first-order valence-electron chi connectivity index (χ1n) is 4.33. The Balaban J connectivity index is 2.42. The number of hydrogen-bond donors (Lipinski definition) is 1. The van der Waals surface area contributed by atoms with E-state index in [4.69, 9.17) is 4.84 Å². The molecule has 0 radical (unpaired) electrons. The summed E-state index contributed by atoms with van der Waals surface area (Å²) in [6.07, 6.45) is -2.03. The highest BCUT2D eigenvalue weighted by Gasteiger charge is 2.35. The van der Waals surface area contributed by atoms with E-state index in [-0.39, 0.29) is 5.56 Å². The molecule has 1 aliphatic rings.